The normalized spacial score (nSPS) is 41.6. The van der Waals surface area contributed by atoms with Gasteiger partial charge in [0.2, 0.25) is 0 Å². The third-order valence-electron chi connectivity index (χ3n) is 6.86. The minimum absolute atomic E-state index is 0.00475. The lowest BCUT2D eigenvalue weighted by Crippen LogP contribution is -2.64. The first kappa shape index (κ1) is 21.4. The molecule has 0 bridgehead atoms. The fourth-order valence-electron chi connectivity index (χ4n) is 5.34. The van der Waals surface area contributed by atoms with E-state index in [1.165, 1.54) is 0 Å². The SMILES string of the molecule is FCC1CN(C2CCN(I)CC2C2CC(N3CCOCC3)C(F)CN2I)C1. The van der Waals surface area contributed by atoms with Gasteiger partial charge in [-0.2, -0.15) is 0 Å². The Morgan fingerprint density at radius 1 is 0.889 bits per heavy atom. The van der Waals surface area contributed by atoms with Crippen molar-refractivity contribution in [2.45, 2.75) is 37.1 Å². The monoisotopic (exact) mass is 610 g/mol. The molecule has 0 amide bonds. The first-order chi connectivity index (χ1) is 13.1. The number of nitrogens with zero attached hydrogens (tertiary/aromatic N) is 4. The van der Waals surface area contributed by atoms with Crippen molar-refractivity contribution in [3.8, 4) is 0 Å². The second-order valence-corrected chi connectivity index (χ2v) is 11.1. The molecule has 0 aromatic heterocycles. The van der Waals surface area contributed by atoms with Gasteiger partial charge in [0.25, 0.3) is 0 Å². The molecule has 156 valence electrons. The molecule has 4 saturated heterocycles. The number of likely N-dealkylation sites (tertiary alicyclic amines) is 1. The molecule has 27 heavy (non-hydrogen) atoms. The van der Waals surface area contributed by atoms with Crippen LogP contribution in [0, 0.1) is 11.8 Å². The number of piperidine rings is 2. The molecule has 0 aromatic rings. The molecule has 4 rings (SSSR count). The fraction of sp³-hybridized carbons (Fsp3) is 1.00. The van der Waals surface area contributed by atoms with Gasteiger partial charge in [-0.05, 0) is 12.8 Å². The van der Waals surface area contributed by atoms with Gasteiger partial charge in [0, 0.05) is 122 Å². The molecule has 4 heterocycles. The van der Waals surface area contributed by atoms with Crippen LogP contribution in [0.15, 0.2) is 0 Å². The van der Waals surface area contributed by atoms with Crippen LogP contribution in [-0.2, 0) is 4.74 Å². The van der Waals surface area contributed by atoms with Crippen LogP contribution in [0.4, 0.5) is 8.78 Å². The largest absolute Gasteiger partial charge is 0.379 e. The fourth-order valence-corrected chi connectivity index (χ4v) is 7.09. The summed E-state index contributed by atoms with van der Waals surface area (Å²) in [6.45, 7) is 7.34. The summed E-state index contributed by atoms with van der Waals surface area (Å²) in [6, 6.07) is 0.880. The second-order valence-electron chi connectivity index (χ2n) is 8.48. The smallest absolute Gasteiger partial charge is 0.129 e. The molecule has 5 nitrogen and oxygen atoms in total. The number of halogens is 4. The van der Waals surface area contributed by atoms with E-state index in [1.54, 1.807) is 0 Å². The summed E-state index contributed by atoms with van der Waals surface area (Å²) in [5.74, 6) is 0.714. The van der Waals surface area contributed by atoms with Gasteiger partial charge in [0.05, 0.1) is 19.9 Å². The highest BCUT2D eigenvalue weighted by molar-refractivity contribution is 14.1. The number of rotatable bonds is 4. The van der Waals surface area contributed by atoms with E-state index in [0.717, 1.165) is 52.1 Å². The van der Waals surface area contributed by atoms with Crippen molar-refractivity contribution >= 4 is 45.7 Å². The van der Waals surface area contributed by atoms with Crippen LogP contribution in [0.3, 0.4) is 0 Å². The van der Waals surface area contributed by atoms with Crippen molar-refractivity contribution < 1.29 is 13.5 Å². The van der Waals surface area contributed by atoms with Crippen LogP contribution >= 0.6 is 45.7 Å². The lowest BCUT2D eigenvalue weighted by atomic mass is 9.78. The van der Waals surface area contributed by atoms with Crippen LogP contribution < -0.4 is 0 Å². The number of hydrogen-bond donors (Lipinski definition) is 0. The lowest BCUT2D eigenvalue weighted by molar-refractivity contribution is -0.0549. The number of morpholine rings is 1. The summed E-state index contributed by atoms with van der Waals surface area (Å²) in [6.07, 6.45) is 1.22. The van der Waals surface area contributed by atoms with E-state index in [9.17, 15) is 8.78 Å². The van der Waals surface area contributed by atoms with E-state index >= 15 is 0 Å². The summed E-state index contributed by atoms with van der Waals surface area (Å²) in [7, 11) is 0. The molecule has 0 aliphatic carbocycles. The van der Waals surface area contributed by atoms with Crippen LogP contribution in [0.1, 0.15) is 12.8 Å². The molecule has 5 atom stereocenters. The molecule has 4 fully saturated rings. The average molecular weight is 610 g/mol. The predicted octanol–water partition coefficient (Wildman–Crippen LogP) is 2.39. The van der Waals surface area contributed by atoms with Crippen molar-refractivity contribution in [2.75, 3.05) is 65.7 Å². The summed E-state index contributed by atoms with van der Waals surface area (Å²) in [5, 5.41) is 0. The van der Waals surface area contributed by atoms with Gasteiger partial charge in [-0.1, -0.05) is 0 Å². The highest BCUT2D eigenvalue weighted by Crippen LogP contribution is 2.39. The summed E-state index contributed by atoms with van der Waals surface area (Å²) < 4.78 is 38.0. The highest BCUT2D eigenvalue weighted by atomic mass is 127. The molecule has 5 unspecified atom stereocenters. The van der Waals surface area contributed by atoms with Crippen LogP contribution in [0.2, 0.25) is 0 Å². The quantitative estimate of drug-likeness (QED) is 0.360. The summed E-state index contributed by atoms with van der Waals surface area (Å²) in [5.41, 5.74) is 0. The third-order valence-corrected chi connectivity index (χ3v) is 8.85. The molecule has 0 saturated carbocycles. The first-order valence-electron chi connectivity index (χ1n) is 10.2. The van der Waals surface area contributed by atoms with Crippen LogP contribution in [0.5, 0.6) is 0 Å². The molecule has 0 spiro atoms. The Bertz CT molecular complexity index is 496. The Labute approximate surface area is 189 Å². The second kappa shape index (κ2) is 9.51. The zero-order chi connectivity index (χ0) is 19.0. The van der Waals surface area contributed by atoms with Crippen molar-refractivity contribution in [3.63, 3.8) is 0 Å². The first-order valence-corrected chi connectivity index (χ1v) is 12.1. The Kier molecular flexibility index (Phi) is 7.52. The van der Waals surface area contributed by atoms with Crippen molar-refractivity contribution in [2.24, 2.45) is 11.8 Å². The van der Waals surface area contributed by atoms with E-state index in [-0.39, 0.29) is 18.6 Å². The maximum atomic E-state index is 14.9. The molecular weight excluding hydrogens is 580 g/mol. The third kappa shape index (κ3) is 4.73. The van der Waals surface area contributed by atoms with Gasteiger partial charge >= 0.3 is 0 Å². The maximum Gasteiger partial charge on any atom is 0.129 e. The Morgan fingerprint density at radius 2 is 1.63 bits per heavy atom. The van der Waals surface area contributed by atoms with Crippen LogP contribution in [-0.4, -0.2) is 106 Å². The van der Waals surface area contributed by atoms with Gasteiger partial charge in [-0.15, -0.1) is 0 Å². The average Bonchev–Trinajstić information content (AvgIpc) is 2.63. The zero-order valence-electron chi connectivity index (χ0n) is 15.7. The minimum Gasteiger partial charge on any atom is -0.379 e. The number of hydrogen-bond acceptors (Lipinski definition) is 5. The topological polar surface area (TPSA) is 22.2 Å². The van der Waals surface area contributed by atoms with Crippen LogP contribution in [0.25, 0.3) is 0 Å². The molecule has 4 aliphatic heterocycles. The molecule has 0 aromatic carbocycles. The van der Waals surface area contributed by atoms with E-state index in [1.807, 2.05) is 0 Å². The molecule has 4 aliphatic rings. The Morgan fingerprint density at radius 3 is 2.33 bits per heavy atom. The molecular formula is C18H30F2I2N4O. The maximum absolute atomic E-state index is 14.9. The zero-order valence-corrected chi connectivity index (χ0v) is 20.0. The molecule has 0 radical (unpaired) electrons. The molecule has 9 heteroatoms. The Balaban J connectivity index is 1.47. The standard InChI is InChI=1S/C18H30F2I2N4O/c19-8-13-9-24(10-13)16-1-2-25(21)11-14(16)17-7-18(15(20)12-26(17)22)23-3-5-27-6-4-23/h13-18H,1-12H2. The number of alkyl halides is 2. The lowest BCUT2D eigenvalue weighted by Gasteiger charge is -2.54. The van der Waals surface area contributed by atoms with Gasteiger partial charge in [0.15, 0.2) is 0 Å². The summed E-state index contributed by atoms with van der Waals surface area (Å²) >= 11 is 4.79. The van der Waals surface area contributed by atoms with Gasteiger partial charge in [-0.3, -0.25) is 14.2 Å². The highest BCUT2D eigenvalue weighted by Gasteiger charge is 2.47. The minimum atomic E-state index is -0.797. The summed E-state index contributed by atoms with van der Waals surface area (Å²) in [4.78, 5) is 4.81. The van der Waals surface area contributed by atoms with Gasteiger partial charge in [-0.25, -0.2) is 10.6 Å². The Hall–Kier alpha value is 1.12. The van der Waals surface area contributed by atoms with E-state index in [0.29, 0.717) is 37.8 Å². The van der Waals surface area contributed by atoms with Crippen molar-refractivity contribution in [1.29, 1.82) is 0 Å². The van der Waals surface area contributed by atoms with Crippen molar-refractivity contribution in [3.05, 3.63) is 0 Å². The van der Waals surface area contributed by atoms with Gasteiger partial charge < -0.3 is 4.74 Å². The van der Waals surface area contributed by atoms with Crippen molar-refractivity contribution in [1.82, 2.24) is 16.0 Å². The van der Waals surface area contributed by atoms with Gasteiger partial charge in [0.1, 0.15) is 6.17 Å². The van der Waals surface area contributed by atoms with E-state index < -0.39 is 6.17 Å². The van der Waals surface area contributed by atoms with E-state index in [2.05, 4.69) is 61.8 Å². The van der Waals surface area contributed by atoms with E-state index in [4.69, 9.17) is 4.74 Å². The number of ether oxygens (including phenoxy) is 1. The molecule has 0 N–H and O–H groups in total. The predicted molar refractivity (Wildman–Crippen MR) is 119 cm³/mol.